The second-order valence-corrected chi connectivity index (χ2v) is 16.1. The van der Waals surface area contributed by atoms with Gasteiger partial charge < -0.3 is 16.0 Å². The van der Waals surface area contributed by atoms with E-state index in [1.165, 1.54) is 19.3 Å². The van der Waals surface area contributed by atoms with Crippen molar-refractivity contribution in [2.75, 3.05) is 0 Å². The van der Waals surface area contributed by atoms with Crippen LogP contribution in [0.25, 0.3) is 0 Å². The lowest BCUT2D eigenvalue weighted by Gasteiger charge is -2.34. The molecule has 0 heterocycles. The molecule has 3 fully saturated rings. The predicted octanol–water partition coefficient (Wildman–Crippen LogP) is 8.69. The summed E-state index contributed by atoms with van der Waals surface area (Å²) in [7, 11) is 0. The molecule has 6 unspecified atom stereocenters. The molecule has 0 aromatic heterocycles. The Morgan fingerprint density at radius 3 is 0.978 bits per heavy atom. The highest BCUT2D eigenvalue weighted by Gasteiger charge is 2.31. The van der Waals surface area contributed by atoms with E-state index in [1.54, 1.807) is 18.2 Å². The molecule has 3 aliphatic rings. The van der Waals surface area contributed by atoms with Crippen molar-refractivity contribution in [3.8, 4) is 0 Å². The second kappa shape index (κ2) is 17.0. The van der Waals surface area contributed by atoms with Crippen LogP contribution in [0.3, 0.4) is 0 Å². The van der Waals surface area contributed by atoms with Crippen molar-refractivity contribution in [3.63, 3.8) is 0 Å². The van der Waals surface area contributed by atoms with Gasteiger partial charge in [0.25, 0.3) is 17.7 Å². The van der Waals surface area contributed by atoms with Crippen molar-refractivity contribution in [2.45, 2.75) is 156 Å². The summed E-state index contributed by atoms with van der Waals surface area (Å²) in [5.41, 5.74) is 1.23. The third kappa shape index (κ3) is 10.6. The summed E-state index contributed by atoms with van der Waals surface area (Å²) in [6, 6.07) is 5.52. The minimum absolute atomic E-state index is 0.126. The Labute approximate surface area is 274 Å². The molecular weight excluding hydrogens is 558 g/mol. The van der Waals surface area contributed by atoms with Crippen molar-refractivity contribution in [2.24, 2.45) is 35.5 Å². The van der Waals surface area contributed by atoms with Crippen molar-refractivity contribution in [1.29, 1.82) is 0 Å². The Kier molecular flexibility index (Phi) is 13.4. The van der Waals surface area contributed by atoms with Crippen molar-refractivity contribution >= 4 is 17.7 Å². The Morgan fingerprint density at radius 1 is 0.489 bits per heavy atom. The average molecular weight is 622 g/mol. The van der Waals surface area contributed by atoms with Crippen LogP contribution in [0.15, 0.2) is 18.2 Å². The maximum atomic E-state index is 13.8. The zero-order chi connectivity index (χ0) is 32.5. The van der Waals surface area contributed by atoms with E-state index >= 15 is 0 Å². The van der Waals surface area contributed by atoms with Gasteiger partial charge in [0, 0.05) is 34.8 Å². The van der Waals surface area contributed by atoms with Gasteiger partial charge in [0.2, 0.25) is 0 Å². The molecule has 0 spiro atoms. The van der Waals surface area contributed by atoms with Gasteiger partial charge in [0.15, 0.2) is 0 Å². The van der Waals surface area contributed by atoms with E-state index in [1.807, 2.05) is 0 Å². The Morgan fingerprint density at radius 2 is 0.733 bits per heavy atom. The van der Waals surface area contributed by atoms with Gasteiger partial charge in [-0.2, -0.15) is 0 Å². The number of carbonyl (C=O) groups excluding carboxylic acids is 3. The van der Waals surface area contributed by atoms with Gasteiger partial charge >= 0.3 is 0 Å². The van der Waals surface area contributed by atoms with Crippen LogP contribution in [0, 0.1) is 35.5 Å². The van der Waals surface area contributed by atoms with E-state index in [9.17, 15) is 14.4 Å². The highest BCUT2D eigenvalue weighted by atomic mass is 16.2. The zero-order valence-corrected chi connectivity index (χ0v) is 29.3. The van der Waals surface area contributed by atoms with Crippen LogP contribution in [-0.2, 0) is 0 Å². The number of carbonyl (C=O) groups is 3. The summed E-state index contributed by atoms with van der Waals surface area (Å²) < 4.78 is 0. The molecule has 3 saturated carbocycles. The lowest BCUT2D eigenvalue weighted by Crippen LogP contribution is -2.44. The Bertz CT molecular complexity index is 978. The third-order valence-electron chi connectivity index (χ3n) is 10.7. The summed E-state index contributed by atoms with van der Waals surface area (Å²) in [6.45, 7) is 13.5. The molecule has 1 aromatic carbocycles. The number of hydrogen-bond acceptors (Lipinski definition) is 3. The topological polar surface area (TPSA) is 87.3 Å². The van der Waals surface area contributed by atoms with Crippen LogP contribution < -0.4 is 16.0 Å². The SMILES string of the molecule is CC(C)CC1CCCCC1NC(=O)c1cc(C(=O)NC2CCCCC2CC(C)C)cc(C(=O)NC2CCCCC2CC(C)C)c1. The van der Waals surface area contributed by atoms with Crippen molar-refractivity contribution < 1.29 is 14.4 Å². The summed E-state index contributed by atoms with van der Waals surface area (Å²) >= 11 is 0. The quantitative estimate of drug-likeness (QED) is 0.218. The summed E-state index contributed by atoms with van der Waals surface area (Å²) in [5, 5.41) is 10.0. The van der Waals surface area contributed by atoms with E-state index in [-0.39, 0.29) is 35.8 Å². The molecule has 3 aliphatic carbocycles. The molecule has 252 valence electrons. The minimum Gasteiger partial charge on any atom is -0.349 e. The Balaban J connectivity index is 1.58. The number of amides is 3. The van der Waals surface area contributed by atoms with Crippen molar-refractivity contribution in [1.82, 2.24) is 16.0 Å². The molecule has 0 radical (unpaired) electrons. The maximum absolute atomic E-state index is 13.8. The van der Waals surface area contributed by atoms with Gasteiger partial charge in [-0.25, -0.2) is 0 Å². The van der Waals surface area contributed by atoms with E-state index < -0.39 is 0 Å². The fourth-order valence-corrected chi connectivity index (χ4v) is 8.63. The van der Waals surface area contributed by atoms with Crippen LogP contribution >= 0.6 is 0 Å². The molecule has 0 bridgehead atoms. The standard InChI is InChI=1S/C39H63N3O3/c1-25(2)19-28-13-7-10-16-34(28)40-37(43)31-22-32(38(44)41-35-17-11-8-14-29(35)20-26(3)4)24-33(23-31)39(45)42-36-18-12-9-15-30(36)21-27(5)6/h22-30,34-36H,7-21H2,1-6H3,(H,40,43)(H,41,44)(H,42,45). The molecule has 0 saturated heterocycles. The molecule has 6 atom stereocenters. The first-order valence-corrected chi connectivity index (χ1v) is 18.6. The van der Waals surface area contributed by atoms with Crippen LogP contribution in [0.4, 0.5) is 0 Å². The monoisotopic (exact) mass is 621 g/mol. The normalized spacial score (nSPS) is 27.4. The Hall–Kier alpha value is -2.37. The molecule has 6 nitrogen and oxygen atoms in total. The minimum atomic E-state index is -0.176. The summed E-state index contributed by atoms with van der Waals surface area (Å²) in [4.78, 5) is 41.5. The second-order valence-electron chi connectivity index (χ2n) is 16.1. The average Bonchev–Trinajstić information content (AvgIpc) is 2.99. The van der Waals surface area contributed by atoms with E-state index in [0.717, 1.165) is 77.0 Å². The first-order chi connectivity index (χ1) is 21.5. The van der Waals surface area contributed by atoms with Gasteiger partial charge in [-0.05, 0) is 111 Å². The fraction of sp³-hybridized carbons (Fsp3) is 0.769. The third-order valence-corrected chi connectivity index (χ3v) is 10.7. The van der Waals surface area contributed by atoms with Gasteiger partial charge in [-0.15, -0.1) is 0 Å². The lowest BCUT2D eigenvalue weighted by molar-refractivity contribution is 0.0898. The van der Waals surface area contributed by atoms with Gasteiger partial charge in [-0.3, -0.25) is 14.4 Å². The molecule has 4 rings (SSSR count). The molecular formula is C39H63N3O3. The van der Waals surface area contributed by atoms with E-state index in [0.29, 0.717) is 52.2 Å². The van der Waals surface area contributed by atoms with Crippen LogP contribution in [0.5, 0.6) is 0 Å². The zero-order valence-electron chi connectivity index (χ0n) is 29.3. The first kappa shape index (κ1) is 35.5. The molecule has 3 amide bonds. The highest BCUT2D eigenvalue weighted by molar-refractivity contribution is 6.04. The number of nitrogens with one attached hydrogen (secondary N) is 3. The molecule has 1 aromatic rings. The van der Waals surface area contributed by atoms with Crippen LogP contribution in [0.1, 0.15) is 169 Å². The predicted molar refractivity (Wildman–Crippen MR) is 184 cm³/mol. The van der Waals surface area contributed by atoms with Gasteiger partial charge in [-0.1, -0.05) is 80.1 Å². The van der Waals surface area contributed by atoms with Crippen LogP contribution in [0.2, 0.25) is 0 Å². The van der Waals surface area contributed by atoms with Crippen molar-refractivity contribution in [3.05, 3.63) is 34.9 Å². The number of rotatable bonds is 12. The molecule has 0 aliphatic heterocycles. The van der Waals surface area contributed by atoms with Gasteiger partial charge in [0.1, 0.15) is 0 Å². The largest absolute Gasteiger partial charge is 0.349 e. The number of hydrogen-bond donors (Lipinski definition) is 3. The molecule has 45 heavy (non-hydrogen) atoms. The van der Waals surface area contributed by atoms with Crippen LogP contribution in [-0.4, -0.2) is 35.8 Å². The smallest absolute Gasteiger partial charge is 0.251 e. The highest BCUT2D eigenvalue weighted by Crippen LogP contribution is 2.32. The first-order valence-electron chi connectivity index (χ1n) is 18.6. The molecule has 6 heteroatoms. The molecule has 3 N–H and O–H groups in total. The summed E-state index contributed by atoms with van der Waals surface area (Å²) in [6.07, 6.45) is 16.6. The number of benzene rings is 1. The van der Waals surface area contributed by atoms with E-state index in [4.69, 9.17) is 0 Å². The maximum Gasteiger partial charge on any atom is 0.251 e. The summed E-state index contributed by atoms with van der Waals surface area (Å²) in [5.74, 6) is 2.59. The lowest BCUT2D eigenvalue weighted by atomic mass is 9.79. The van der Waals surface area contributed by atoms with Gasteiger partial charge in [0.05, 0.1) is 0 Å². The van der Waals surface area contributed by atoms with E-state index in [2.05, 4.69) is 57.5 Å². The fourth-order valence-electron chi connectivity index (χ4n) is 8.63.